The smallest absolute Gasteiger partial charge is 0.301 e. The van der Waals surface area contributed by atoms with Crippen molar-refractivity contribution in [1.29, 1.82) is 0 Å². The molecule has 1 saturated heterocycles. The number of fused-ring (bicyclic) bond motifs is 1. The molecule has 1 atom stereocenters. The van der Waals surface area contributed by atoms with Crippen molar-refractivity contribution in [3.63, 3.8) is 0 Å². The van der Waals surface area contributed by atoms with Crippen molar-refractivity contribution in [3.05, 3.63) is 89.2 Å². The maximum Gasteiger partial charge on any atom is 0.301 e. The number of Topliss-reactive ketones (excluding diaryl/α,β-unsaturated/α-hetero) is 1. The molecule has 1 aliphatic heterocycles. The molecule has 4 aromatic rings. The Balaban J connectivity index is 1.65. The molecule has 1 amide bonds. The molecule has 200 valence electrons. The quantitative estimate of drug-likeness (QED) is 0.154. The Labute approximate surface area is 229 Å². The number of thiazole rings is 1. The highest BCUT2D eigenvalue weighted by Crippen LogP contribution is 2.45. The summed E-state index contributed by atoms with van der Waals surface area (Å²) >= 11 is 1.10. The number of ether oxygens (including phenoxy) is 2. The lowest BCUT2D eigenvalue weighted by Crippen LogP contribution is -2.29. The van der Waals surface area contributed by atoms with E-state index in [2.05, 4.69) is 18.8 Å². The molecule has 1 unspecified atom stereocenters. The zero-order valence-electron chi connectivity index (χ0n) is 21.7. The molecule has 1 fully saturated rings. The van der Waals surface area contributed by atoms with Gasteiger partial charge in [-0.1, -0.05) is 37.3 Å². The van der Waals surface area contributed by atoms with Crippen molar-refractivity contribution in [3.8, 4) is 11.5 Å². The van der Waals surface area contributed by atoms with Crippen LogP contribution in [0.3, 0.4) is 0 Å². The molecule has 1 aliphatic rings. The average molecular weight is 547 g/mol. The van der Waals surface area contributed by atoms with Crippen LogP contribution in [0.15, 0.2) is 72.3 Å². The number of anilines is 1. The molecular weight excluding hydrogens is 519 g/mol. The number of methoxy groups -OCH3 is 1. The van der Waals surface area contributed by atoms with Gasteiger partial charge in [0.1, 0.15) is 23.1 Å². The number of hydrogen-bond acceptors (Lipinski definition) is 7. The number of benzene rings is 3. The van der Waals surface area contributed by atoms with Crippen LogP contribution >= 0.6 is 11.3 Å². The minimum absolute atomic E-state index is 0.0741. The molecule has 0 bridgehead atoms. The first-order valence-electron chi connectivity index (χ1n) is 12.5. The fraction of sp³-hybridized carbons (Fsp3) is 0.233. The van der Waals surface area contributed by atoms with Crippen LogP contribution in [0.1, 0.15) is 37.4 Å². The largest absolute Gasteiger partial charge is 0.507 e. The second-order valence-electron chi connectivity index (χ2n) is 9.61. The third-order valence-electron chi connectivity index (χ3n) is 6.49. The normalized spacial score (nSPS) is 16.8. The minimum Gasteiger partial charge on any atom is -0.507 e. The van der Waals surface area contributed by atoms with Crippen molar-refractivity contribution < 1.29 is 28.6 Å². The maximum atomic E-state index is 13.9. The zero-order chi connectivity index (χ0) is 27.7. The van der Waals surface area contributed by atoms with Crippen molar-refractivity contribution in [2.75, 3.05) is 18.6 Å². The Morgan fingerprint density at radius 1 is 1.08 bits per heavy atom. The number of aliphatic hydroxyl groups is 1. The van der Waals surface area contributed by atoms with Gasteiger partial charge in [0.2, 0.25) is 0 Å². The number of aliphatic hydroxyl groups excluding tert-OH is 1. The lowest BCUT2D eigenvalue weighted by atomic mass is 9.95. The first-order chi connectivity index (χ1) is 18.8. The summed E-state index contributed by atoms with van der Waals surface area (Å²) in [5, 5.41) is 11.6. The summed E-state index contributed by atoms with van der Waals surface area (Å²) in [6.45, 7) is 4.73. The van der Waals surface area contributed by atoms with E-state index in [1.165, 1.54) is 30.2 Å². The molecule has 9 heteroatoms. The number of aromatic nitrogens is 1. The summed E-state index contributed by atoms with van der Waals surface area (Å²) in [6, 6.07) is 16.8. The summed E-state index contributed by atoms with van der Waals surface area (Å²) in [5.41, 5.74) is 1.35. The van der Waals surface area contributed by atoms with Gasteiger partial charge in [0.25, 0.3) is 5.78 Å². The van der Waals surface area contributed by atoms with Gasteiger partial charge in [-0.3, -0.25) is 14.5 Å². The SMILES string of the molecule is COc1ccc(C(O)=C2C(=O)C(=O)N(c3nc4ccc(F)cc4s3)C2c2cccc(OCCC(C)C)c2)cc1. The van der Waals surface area contributed by atoms with Gasteiger partial charge in [-0.05, 0) is 72.5 Å². The van der Waals surface area contributed by atoms with Gasteiger partial charge >= 0.3 is 5.91 Å². The van der Waals surface area contributed by atoms with E-state index in [4.69, 9.17) is 9.47 Å². The van der Waals surface area contributed by atoms with E-state index >= 15 is 0 Å². The molecule has 39 heavy (non-hydrogen) atoms. The highest BCUT2D eigenvalue weighted by Gasteiger charge is 2.48. The molecule has 2 heterocycles. The number of nitrogens with zero attached hydrogens (tertiary/aromatic N) is 2. The minimum atomic E-state index is -0.980. The number of halogens is 1. The molecular formula is C30H27FN2O5S. The van der Waals surface area contributed by atoms with Crippen molar-refractivity contribution in [2.45, 2.75) is 26.3 Å². The van der Waals surface area contributed by atoms with E-state index < -0.39 is 23.5 Å². The number of carbonyl (C=O) groups is 2. The molecule has 1 aromatic heterocycles. The van der Waals surface area contributed by atoms with E-state index in [-0.39, 0.29) is 16.5 Å². The summed E-state index contributed by atoms with van der Waals surface area (Å²) in [5.74, 6) is -0.797. The number of hydrogen-bond donors (Lipinski definition) is 1. The van der Waals surface area contributed by atoms with Crippen LogP contribution in [0, 0.1) is 11.7 Å². The van der Waals surface area contributed by atoms with E-state index in [0.29, 0.717) is 45.4 Å². The molecule has 3 aromatic carbocycles. The molecule has 0 saturated carbocycles. The monoisotopic (exact) mass is 546 g/mol. The summed E-state index contributed by atoms with van der Waals surface area (Å²) in [7, 11) is 1.53. The highest BCUT2D eigenvalue weighted by molar-refractivity contribution is 7.22. The van der Waals surface area contributed by atoms with E-state index in [0.717, 1.165) is 17.8 Å². The van der Waals surface area contributed by atoms with Crippen LogP contribution in [0.5, 0.6) is 11.5 Å². The second-order valence-corrected chi connectivity index (χ2v) is 10.6. The third kappa shape index (κ3) is 5.22. The Morgan fingerprint density at radius 3 is 2.56 bits per heavy atom. The molecule has 0 radical (unpaired) electrons. The van der Waals surface area contributed by atoms with Crippen LogP contribution in [0.4, 0.5) is 9.52 Å². The first-order valence-corrected chi connectivity index (χ1v) is 13.3. The third-order valence-corrected chi connectivity index (χ3v) is 7.51. The van der Waals surface area contributed by atoms with Gasteiger partial charge in [-0.15, -0.1) is 0 Å². The molecule has 0 spiro atoms. The Bertz CT molecular complexity index is 1580. The Morgan fingerprint density at radius 2 is 1.85 bits per heavy atom. The van der Waals surface area contributed by atoms with E-state index in [9.17, 15) is 19.1 Å². The topological polar surface area (TPSA) is 89.0 Å². The summed E-state index contributed by atoms with van der Waals surface area (Å²) < 4.78 is 25.6. The summed E-state index contributed by atoms with van der Waals surface area (Å²) in [4.78, 5) is 32.7. The van der Waals surface area contributed by atoms with Gasteiger partial charge in [0, 0.05) is 5.56 Å². The lowest BCUT2D eigenvalue weighted by molar-refractivity contribution is -0.132. The Kier molecular flexibility index (Phi) is 7.34. The van der Waals surface area contributed by atoms with Gasteiger partial charge < -0.3 is 14.6 Å². The van der Waals surface area contributed by atoms with Crippen molar-refractivity contribution >= 4 is 44.1 Å². The van der Waals surface area contributed by atoms with E-state index in [1.54, 1.807) is 48.5 Å². The maximum absolute atomic E-state index is 13.9. The first kappa shape index (κ1) is 26.4. The van der Waals surface area contributed by atoms with E-state index in [1.807, 2.05) is 0 Å². The lowest BCUT2D eigenvalue weighted by Gasteiger charge is -2.23. The van der Waals surface area contributed by atoms with Crippen LogP contribution < -0.4 is 14.4 Å². The van der Waals surface area contributed by atoms with Gasteiger partial charge in [0.05, 0.1) is 35.5 Å². The number of carbonyl (C=O) groups excluding carboxylic acids is 2. The molecule has 1 N–H and O–H groups in total. The second kappa shape index (κ2) is 10.9. The van der Waals surface area contributed by atoms with Crippen LogP contribution in [0.2, 0.25) is 0 Å². The highest BCUT2D eigenvalue weighted by atomic mass is 32.1. The van der Waals surface area contributed by atoms with Crippen LogP contribution in [-0.4, -0.2) is 35.5 Å². The molecule has 7 nitrogen and oxygen atoms in total. The number of ketones is 1. The zero-order valence-corrected chi connectivity index (χ0v) is 22.5. The van der Waals surface area contributed by atoms with Crippen LogP contribution in [0.25, 0.3) is 16.0 Å². The molecule has 5 rings (SSSR count). The average Bonchev–Trinajstić information content (AvgIpc) is 3.45. The number of rotatable bonds is 8. The fourth-order valence-corrected chi connectivity index (χ4v) is 5.44. The van der Waals surface area contributed by atoms with Crippen molar-refractivity contribution in [1.82, 2.24) is 4.98 Å². The predicted octanol–water partition coefficient (Wildman–Crippen LogP) is 6.50. The Hall–Kier alpha value is -4.24. The summed E-state index contributed by atoms with van der Waals surface area (Å²) in [6.07, 6.45) is 0.864. The standard InChI is InChI=1S/C30H27FN2O5S/c1-17(2)13-14-38-22-6-4-5-19(15-22)26-25(27(34)18-7-10-21(37-3)11-8-18)28(35)29(36)33(26)30-32-23-12-9-20(31)16-24(23)39-30/h4-12,15-17,26,34H,13-14H2,1-3H3. The fourth-order valence-electron chi connectivity index (χ4n) is 4.43. The van der Waals surface area contributed by atoms with Crippen LogP contribution in [-0.2, 0) is 9.59 Å². The molecule has 0 aliphatic carbocycles. The predicted molar refractivity (Wildman–Crippen MR) is 149 cm³/mol. The van der Waals surface area contributed by atoms with Crippen molar-refractivity contribution in [2.24, 2.45) is 5.92 Å². The van der Waals surface area contributed by atoms with Gasteiger partial charge in [-0.2, -0.15) is 0 Å². The number of amides is 1. The van der Waals surface area contributed by atoms with Gasteiger partial charge in [-0.25, -0.2) is 9.37 Å². The van der Waals surface area contributed by atoms with Gasteiger partial charge in [0.15, 0.2) is 5.13 Å².